The molecule has 1 aliphatic rings. The average molecular weight is 534 g/mol. The molecule has 4 aromatic rings. The van der Waals surface area contributed by atoms with Gasteiger partial charge in [-0.2, -0.15) is 23.4 Å². The summed E-state index contributed by atoms with van der Waals surface area (Å²) in [4.78, 5) is 25.7. The number of benzene rings is 1. The van der Waals surface area contributed by atoms with E-state index in [9.17, 15) is 26.7 Å². The number of carbonyl (C=O) groups is 1. The summed E-state index contributed by atoms with van der Waals surface area (Å²) in [5, 5.41) is 10.3. The minimum Gasteiger partial charge on any atom is -0.320 e. The Balaban J connectivity index is 1.52. The standard InChI is InChI=1S/C23H13ClF5N7O/c24-16-8-11(9-32-21(16)36-33-6-7-34-36)35-22(37)15-10-31-18(17(15)23(27,28)29)13-2-1-3-14-12(13)4-5-30-19(14)20(25)26/h1-10,18,20H,(H,35,37). The van der Waals surface area contributed by atoms with Gasteiger partial charge in [0.15, 0.2) is 5.82 Å². The van der Waals surface area contributed by atoms with E-state index in [1.807, 2.05) is 0 Å². The van der Waals surface area contributed by atoms with Gasteiger partial charge in [-0.05, 0) is 23.1 Å². The molecule has 37 heavy (non-hydrogen) atoms. The summed E-state index contributed by atoms with van der Waals surface area (Å²) in [5.74, 6) is -0.951. The van der Waals surface area contributed by atoms with Gasteiger partial charge in [0.25, 0.3) is 12.3 Å². The predicted molar refractivity (Wildman–Crippen MR) is 124 cm³/mol. The number of nitrogens with zero attached hydrogens (tertiary/aromatic N) is 6. The van der Waals surface area contributed by atoms with Gasteiger partial charge in [0.1, 0.15) is 11.7 Å². The van der Waals surface area contributed by atoms with Crippen LogP contribution in [0.4, 0.5) is 27.6 Å². The second-order valence-corrected chi connectivity index (χ2v) is 8.15. The van der Waals surface area contributed by atoms with Crippen molar-refractivity contribution in [2.45, 2.75) is 18.6 Å². The van der Waals surface area contributed by atoms with Gasteiger partial charge in [-0.3, -0.25) is 14.8 Å². The number of hydrogen-bond acceptors (Lipinski definition) is 6. The molecule has 1 aromatic carbocycles. The fourth-order valence-electron chi connectivity index (χ4n) is 4.00. The van der Waals surface area contributed by atoms with Crippen molar-refractivity contribution >= 4 is 40.2 Å². The van der Waals surface area contributed by atoms with Crippen molar-refractivity contribution in [3.8, 4) is 5.82 Å². The van der Waals surface area contributed by atoms with Gasteiger partial charge in [0.05, 0.1) is 40.4 Å². The molecule has 5 rings (SSSR count). The van der Waals surface area contributed by atoms with Crippen LogP contribution in [0.5, 0.6) is 0 Å². The van der Waals surface area contributed by atoms with E-state index in [4.69, 9.17) is 11.6 Å². The van der Waals surface area contributed by atoms with E-state index in [2.05, 4.69) is 30.5 Å². The largest absolute Gasteiger partial charge is 0.415 e. The van der Waals surface area contributed by atoms with Crippen molar-refractivity contribution < 1.29 is 26.7 Å². The molecule has 1 unspecified atom stereocenters. The lowest BCUT2D eigenvalue weighted by Gasteiger charge is -2.19. The summed E-state index contributed by atoms with van der Waals surface area (Å²) in [6.45, 7) is 0. The number of halogens is 6. The van der Waals surface area contributed by atoms with Crippen LogP contribution < -0.4 is 5.32 Å². The van der Waals surface area contributed by atoms with Crippen molar-refractivity contribution in [2.75, 3.05) is 5.32 Å². The summed E-state index contributed by atoms with van der Waals surface area (Å²) in [5.41, 5.74) is -2.49. The lowest BCUT2D eigenvalue weighted by molar-refractivity contribution is -0.114. The zero-order valence-corrected chi connectivity index (χ0v) is 19.0. The molecule has 14 heteroatoms. The maximum atomic E-state index is 14.2. The van der Waals surface area contributed by atoms with Gasteiger partial charge in [-0.1, -0.05) is 29.8 Å². The third-order valence-corrected chi connectivity index (χ3v) is 5.80. The summed E-state index contributed by atoms with van der Waals surface area (Å²) in [7, 11) is 0. The van der Waals surface area contributed by atoms with Crippen LogP contribution in [0.3, 0.4) is 0 Å². The number of rotatable bonds is 5. The van der Waals surface area contributed by atoms with E-state index >= 15 is 0 Å². The highest BCUT2D eigenvalue weighted by atomic mass is 35.5. The SMILES string of the molecule is O=C(Nc1cnc(-n2nccn2)c(Cl)c1)C1=C(C(F)(F)F)C(c2cccc3c(C(F)F)nccc23)N=C1. The molecule has 0 radical (unpaired) electrons. The molecule has 4 heterocycles. The van der Waals surface area contributed by atoms with Crippen LogP contribution in [-0.4, -0.2) is 43.3 Å². The molecule has 1 aliphatic heterocycles. The molecule has 0 spiro atoms. The van der Waals surface area contributed by atoms with Crippen molar-refractivity contribution in [1.82, 2.24) is 25.0 Å². The lowest BCUT2D eigenvalue weighted by atomic mass is 9.92. The highest BCUT2D eigenvalue weighted by molar-refractivity contribution is 6.32. The number of alkyl halides is 5. The van der Waals surface area contributed by atoms with Crippen LogP contribution in [-0.2, 0) is 4.79 Å². The van der Waals surface area contributed by atoms with Crippen LogP contribution in [0.1, 0.15) is 23.7 Å². The highest BCUT2D eigenvalue weighted by Gasteiger charge is 2.45. The minimum atomic E-state index is -4.96. The van der Waals surface area contributed by atoms with Crippen LogP contribution in [0, 0.1) is 0 Å². The van der Waals surface area contributed by atoms with Crippen molar-refractivity contribution in [2.24, 2.45) is 4.99 Å². The smallest absolute Gasteiger partial charge is 0.320 e. The second kappa shape index (κ2) is 9.32. The molecule has 8 nitrogen and oxygen atoms in total. The molecule has 1 N–H and O–H groups in total. The zero-order valence-electron chi connectivity index (χ0n) is 18.3. The number of aromatic nitrogens is 5. The number of anilines is 1. The second-order valence-electron chi connectivity index (χ2n) is 7.75. The Bertz CT molecular complexity index is 1570. The molecule has 0 aliphatic carbocycles. The Morgan fingerprint density at radius 2 is 1.81 bits per heavy atom. The number of carbonyl (C=O) groups excluding carboxylic acids is 1. The van der Waals surface area contributed by atoms with Crippen LogP contribution in [0.15, 0.2) is 71.3 Å². The third kappa shape index (κ3) is 4.53. The Kier molecular flexibility index (Phi) is 6.15. The van der Waals surface area contributed by atoms with E-state index in [0.717, 1.165) is 17.2 Å². The van der Waals surface area contributed by atoms with Gasteiger partial charge < -0.3 is 5.32 Å². The normalized spacial score (nSPS) is 15.7. The van der Waals surface area contributed by atoms with Crippen molar-refractivity contribution in [1.29, 1.82) is 0 Å². The number of fused-ring (bicyclic) bond motifs is 1. The Morgan fingerprint density at radius 1 is 1.05 bits per heavy atom. The summed E-state index contributed by atoms with van der Waals surface area (Å²) in [6, 6.07) is 5.00. The minimum absolute atomic E-state index is 0.00268. The number of pyridine rings is 2. The first kappa shape index (κ1) is 24.4. The molecular formula is C23H13ClF5N7O. The van der Waals surface area contributed by atoms with E-state index in [1.54, 1.807) is 0 Å². The first-order chi connectivity index (χ1) is 17.6. The number of amides is 1. The van der Waals surface area contributed by atoms with Gasteiger partial charge in [-0.15, -0.1) is 4.80 Å². The highest BCUT2D eigenvalue weighted by Crippen LogP contribution is 2.45. The molecular weight excluding hydrogens is 521 g/mol. The Morgan fingerprint density at radius 3 is 2.49 bits per heavy atom. The molecule has 0 saturated heterocycles. The molecule has 0 fully saturated rings. The van der Waals surface area contributed by atoms with E-state index in [1.165, 1.54) is 48.9 Å². The molecule has 0 saturated carbocycles. The Hall–Kier alpha value is -4.26. The van der Waals surface area contributed by atoms with E-state index < -0.39 is 41.4 Å². The third-order valence-electron chi connectivity index (χ3n) is 5.53. The average Bonchev–Trinajstić information content (AvgIpc) is 3.54. The monoisotopic (exact) mass is 533 g/mol. The number of nitrogens with one attached hydrogen (secondary N) is 1. The van der Waals surface area contributed by atoms with Crippen LogP contribution >= 0.6 is 11.6 Å². The lowest BCUT2D eigenvalue weighted by Crippen LogP contribution is -2.23. The number of hydrogen-bond donors (Lipinski definition) is 1. The Labute approximate surface area is 209 Å². The van der Waals surface area contributed by atoms with Gasteiger partial charge in [0.2, 0.25) is 0 Å². The van der Waals surface area contributed by atoms with Gasteiger partial charge in [0, 0.05) is 17.8 Å². The fraction of sp³-hybridized carbons (Fsp3) is 0.130. The first-order valence-electron chi connectivity index (χ1n) is 10.5. The number of aliphatic imine (C=N–C) groups is 1. The van der Waals surface area contributed by atoms with Crippen LogP contribution in [0.25, 0.3) is 16.6 Å². The van der Waals surface area contributed by atoms with Crippen LogP contribution in [0.2, 0.25) is 5.02 Å². The van der Waals surface area contributed by atoms with Crippen molar-refractivity contribution in [3.63, 3.8) is 0 Å². The van der Waals surface area contributed by atoms with E-state index in [0.29, 0.717) is 0 Å². The van der Waals surface area contributed by atoms with Gasteiger partial charge in [-0.25, -0.2) is 13.8 Å². The molecule has 1 amide bonds. The molecule has 188 valence electrons. The van der Waals surface area contributed by atoms with Crippen molar-refractivity contribution in [3.05, 3.63) is 82.5 Å². The van der Waals surface area contributed by atoms with Gasteiger partial charge >= 0.3 is 6.18 Å². The zero-order chi connectivity index (χ0) is 26.3. The molecule has 0 bridgehead atoms. The summed E-state index contributed by atoms with van der Waals surface area (Å²) in [6.07, 6.45) is -2.00. The first-order valence-corrected chi connectivity index (χ1v) is 10.9. The summed E-state index contributed by atoms with van der Waals surface area (Å²) >= 11 is 6.17. The predicted octanol–water partition coefficient (Wildman–Crippen LogP) is 5.42. The molecule has 1 atom stereocenters. The summed E-state index contributed by atoms with van der Waals surface area (Å²) < 4.78 is 69.5. The van der Waals surface area contributed by atoms with E-state index in [-0.39, 0.29) is 32.9 Å². The fourth-order valence-corrected chi connectivity index (χ4v) is 4.24. The maximum absolute atomic E-state index is 14.2. The maximum Gasteiger partial charge on any atom is 0.415 e. The molecule has 3 aromatic heterocycles. The topological polar surface area (TPSA) is 98.0 Å². The quantitative estimate of drug-likeness (QED) is 0.345.